The highest BCUT2D eigenvalue weighted by Gasteiger charge is 2.16. The summed E-state index contributed by atoms with van der Waals surface area (Å²) in [5, 5.41) is 4.41. The molecule has 4 nitrogen and oxygen atoms in total. The number of rotatable bonds is 5. The molecule has 1 N–H and O–H groups in total. The fourth-order valence-electron chi connectivity index (χ4n) is 2.13. The van der Waals surface area contributed by atoms with Crippen molar-refractivity contribution in [2.75, 3.05) is 19.6 Å². The van der Waals surface area contributed by atoms with Crippen LogP contribution in [0.25, 0.3) is 0 Å². The van der Waals surface area contributed by atoms with Crippen LogP contribution < -0.4 is 5.32 Å². The van der Waals surface area contributed by atoms with E-state index in [-0.39, 0.29) is 5.91 Å². The molecular formula is C13H21N3OS. The summed E-state index contributed by atoms with van der Waals surface area (Å²) >= 11 is 1.73. The van der Waals surface area contributed by atoms with Crippen molar-refractivity contribution in [2.24, 2.45) is 0 Å². The highest BCUT2D eigenvalue weighted by molar-refractivity contribution is 7.11. The third-order valence-corrected chi connectivity index (χ3v) is 4.40. The highest BCUT2D eigenvalue weighted by atomic mass is 32.1. The van der Waals surface area contributed by atoms with Crippen molar-refractivity contribution in [1.29, 1.82) is 0 Å². The number of likely N-dealkylation sites (tertiary alicyclic amines) is 1. The molecule has 2 rings (SSSR count). The summed E-state index contributed by atoms with van der Waals surface area (Å²) in [4.78, 5) is 19.5. The minimum atomic E-state index is 0.284. The number of hydrogen-bond donors (Lipinski definition) is 1. The van der Waals surface area contributed by atoms with Crippen LogP contribution in [0.3, 0.4) is 0 Å². The first kappa shape index (κ1) is 13.5. The molecule has 0 saturated carbocycles. The quantitative estimate of drug-likeness (QED) is 0.828. The average Bonchev–Trinajstić information content (AvgIpc) is 2.96. The predicted octanol–water partition coefficient (Wildman–Crippen LogP) is 1.86. The van der Waals surface area contributed by atoms with E-state index in [1.54, 1.807) is 11.3 Å². The van der Waals surface area contributed by atoms with Crippen molar-refractivity contribution in [1.82, 2.24) is 15.2 Å². The van der Waals surface area contributed by atoms with Crippen LogP contribution in [0.2, 0.25) is 0 Å². The molecule has 0 aliphatic carbocycles. The topological polar surface area (TPSA) is 45.2 Å². The molecular weight excluding hydrogens is 246 g/mol. The molecule has 0 radical (unpaired) electrons. The summed E-state index contributed by atoms with van der Waals surface area (Å²) in [6.07, 6.45) is 2.93. The fraction of sp³-hybridized carbons (Fsp3) is 0.692. The molecule has 1 fully saturated rings. The van der Waals surface area contributed by atoms with Gasteiger partial charge in [0.1, 0.15) is 5.01 Å². The Balaban J connectivity index is 1.65. The van der Waals surface area contributed by atoms with Gasteiger partial charge in [-0.2, -0.15) is 0 Å². The van der Waals surface area contributed by atoms with E-state index in [2.05, 4.69) is 17.2 Å². The van der Waals surface area contributed by atoms with E-state index >= 15 is 0 Å². The van der Waals surface area contributed by atoms with Crippen molar-refractivity contribution in [3.05, 3.63) is 15.6 Å². The number of aromatic nitrogens is 1. The molecule has 100 valence electrons. The van der Waals surface area contributed by atoms with Gasteiger partial charge in [-0.3, -0.25) is 4.79 Å². The minimum Gasteiger partial charge on any atom is -0.343 e. The van der Waals surface area contributed by atoms with Crippen molar-refractivity contribution < 1.29 is 4.79 Å². The molecule has 0 bridgehead atoms. The van der Waals surface area contributed by atoms with Gasteiger partial charge >= 0.3 is 0 Å². The molecule has 0 spiro atoms. The van der Waals surface area contributed by atoms with Crippen LogP contribution in [-0.2, 0) is 11.3 Å². The second-order valence-electron chi connectivity index (χ2n) is 4.76. The molecule has 2 heterocycles. The van der Waals surface area contributed by atoms with Crippen LogP contribution in [0.15, 0.2) is 0 Å². The van der Waals surface area contributed by atoms with Crippen LogP contribution in [0, 0.1) is 13.8 Å². The average molecular weight is 267 g/mol. The SMILES string of the molecule is Cc1nc(CNCCC(=O)N2CCCC2)sc1C. The third kappa shape index (κ3) is 3.53. The Bertz CT molecular complexity index is 391. The van der Waals surface area contributed by atoms with Gasteiger partial charge < -0.3 is 10.2 Å². The van der Waals surface area contributed by atoms with Crippen LogP contribution >= 0.6 is 11.3 Å². The Morgan fingerprint density at radius 2 is 2.11 bits per heavy atom. The molecule has 1 saturated heterocycles. The Labute approximate surface area is 112 Å². The van der Waals surface area contributed by atoms with Gasteiger partial charge in [0, 0.05) is 37.5 Å². The Morgan fingerprint density at radius 1 is 1.39 bits per heavy atom. The number of amides is 1. The van der Waals surface area contributed by atoms with E-state index in [0.29, 0.717) is 6.42 Å². The molecule has 5 heteroatoms. The number of nitrogens with zero attached hydrogens (tertiary/aromatic N) is 2. The van der Waals surface area contributed by atoms with Gasteiger partial charge in [-0.15, -0.1) is 11.3 Å². The number of hydrogen-bond acceptors (Lipinski definition) is 4. The van der Waals surface area contributed by atoms with Crippen LogP contribution in [-0.4, -0.2) is 35.4 Å². The first-order valence-corrected chi connectivity index (χ1v) is 7.40. The van der Waals surface area contributed by atoms with Crippen LogP contribution in [0.4, 0.5) is 0 Å². The van der Waals surface area contributed by atoms with E-state index in [1.807, 2.05) is 11.8 Å². The molecule has 1 aromatic rings. The zero-order valence-corrected chi connectivity index (χ0v) is 12.0. The summed E-state index contributed by atoms with van der Waals surface area (Å²) in [5.41, 5.74) is 1.12. The number of carbonyl (C=O) groups excluding carboxylic acids is 1. The Morgan fingerprint density at radius 3 is 2.72 bits per heavy atom. The molecule has 0 unspecified atom stereocenters. The largest absolute Gasteiger partial charge is 0.343 e. The molecule has 0 aromatic carbocycles. The first-order chi connectivity index (χ1) is 8.66. The van der Waals surface area contributed by atoms with E-state index in [0.717, 1.165) is 49.7 Å². The van der Waals surface area contributed by atoms with Gasteiger partial charge in [0.2, 0.25) is 5.91 Å². The van der Waals surface area contributed by atoms with Crippen LogP contribution in [0.5, 0.6) is 0 Å². The lowest BCUT2D eigenvalue weighted by atomic mass is 10.3. The number of thiazole rings is 1. The lowest BCUT2D eigenvalue weighted by Gasteiger charge is -2.14. The first-order valence-electron chi connectivity index (χ1n) is 6.58. The van der Waals surface area contributed by atoms with Crippen molar-refractivity contribution >= 4 is 17.2 Å². The van der Waals surface area contributed by atoms with Crippen molar-refractivity contribution in [3.8, 4) is 0 Å². The molecule has 18 heavy (non-hydrogen) atoms. The monoisotopic (exact) mass is 267 g/mol. The Hall–Kier alpha value is -0.940. The van der Waals surface area contributed by atoms with Crippen molar-refractivity contribution in [2.45, 2.75) is 39.7 Å². The standard InChI is InChI=1S/C13H21N3OS/c1-10-11(2)18-12(15-10)9-14-6-5-13(17)16-7-3-4-8-16/h14H,3-9H2,1-2H3. The smallest absolute Gasteiger partial charge is 0.223 e. The maximum atomic E-state index is 11.8. The van der Waals surface area contributed by atoms with Crippen molar-refractivity contribution in [3.63, 3.8) is 0 Å². The molecule has 1 aliphatic heterocycles. The zero-order valence-electron chi connectivity index (χ0n) is 11.2. The van der Waals surface area contributed by atoms with Gasteiger partial charge in [-0.25, -0.2) is 4.98 Å². The molecule has 1 amide bonds. The summed E-state index contributed by atoms with van der Waals surface area (Å²) in [5.74, 6) is 0.284. The molecule has 1 aromatic heterocycles. The minimum absolute atomic E-state index is 0.284. The second kappa shape index (κ2) is 6.29. The van der Waals surface area contributed by atoms with E-state index < -0.39 is 0 Å². The fourth-order valence-corrected chi connectivity index (χ4v) is 3.03. The summed E-state index contributed by atoms with van der Waals surface area (Å²) in [7, 11) is 0. The molecule has 1 aliphatic rings. The predicted molar refractivity (Wildman–Crippen MR) is 73.7 cm³/mol. The third-order valence-electron chi connectivity index (χ3n) is 3.32. The zero-order chi connectivity index (χ0) is 13.0. The lowest BCUT2D eigenvalue weighted by molar-refractivity contribution is -0.130. The number of carbonyl (C=O) groups is 1. The summed E-state index contributed by atoms with van der Waals surface area (Å²) in [6, 6.07) is 0. The van der Waals surface area contributed by atoms with Gasteiger partial charge in [-0.05, 0) is 26.7 Å². The maximum Gasteiger partial charge on any atom is 0.223 e. The lowest BCUT2D eigenvalue weighted by Crippen LogP contribution is -2.30. The second-order valence-corrected chi connectivity index (χ2v) is 6.05. The maximum absolute atomic E-state index is 11.8. The van der Waals surface area contributed by atoms with Gasteiger partial charge in [0.15, 0.2) is 0 Å². The van der Waals surface area contributed by atoms with Crippen LogP contribution in [0.1, 0.15) is 34.8 Å². The van der Waals surface area contributed by atoms with E-state index in [1.165, 1.54) is 4.88 Å². The van der Waals surface area contributed by atoms with Gasteiger partial charge in [0.05, 0.1) is 5.69 Å². The van der Waals surface area contributed by atoms with Gasteiger partial charge in [0.25, 0.3) is 0 Å². The highest BCUT2D eigenvalue weighted by Crippen LogP contribution is 2.15. The van der Waals surface area contributed by atoms with E-state index in [9.17, 15) is 4.79 Å². The summed E-state index contributed by atoms with van der Waals surface area (Å²) in [6.45, 7) is 7.53. The van der Waals surface area contributed by atoms with E-state index in [4.69, 9.17) is 0 Å². The Kier molecular flexibility index (Phi) is 4.72. The molecule has 0 atom stereocenters. The normalized spacial score (nSPS) is 15.3. The summed E-state index contributed by atoms with van der Waals surface area (Å²) < 4.78 is 0. The van der Waals surface area contributed by atoms with Gasteiger partial charge in [-0.1, -0.05) is 0 Å². The number of nitrogens with one attached hydrogen (secondary N) is 1. The number of aryl methyl sites for hydroxylation is 2.